The summed E-state index contributed by atoms with van der Waals surface area (Å²) >= 11 is 0. The molecule has 0 bridgehead atoms. The fourth-order valence-corrected chi connectivity index (χ4v) is 2.64. The molecule has 5 heteroatoms. The molecule has 1 unspecified atom stereocenters. The van der Waals surface area contributed by atoms with Crippen molar-refractivity contribution in [3.05, 3.63) is 28.8 Å². The molecule has 4 nitrogen and oxygen atoms in total. The van der Waals surface area contributed by atoms with Gasteiger partial charge in [0, 0.05) is 10.2 Å². The van der Waals surface area contributed by atoms with Gasteiger partial charge in [0.15, 0.2) is 0 Å². The third-order valence-electron chi connectivity index (χ3n) is 3.35. The number of hydrogen-bond donors (Lipinski definition) is 0. The summed E-state index contributed by atoms with van der Waals surface area (Å²) in [5.74, 6) is -0.666. The van der Waals surface area contributed by atoms with Crippen LogP contribution in [0, 0.1) is 0 Å². The largest absolute Gasteiger partial charge is 0.487 e. The molecule has 0 radical (unpaired) electrons. The first-order valence-electron chi connectivity index (χ1n) is 6.87. The van der Waals surface area contributed by atoms with Crippen LogP contribution < -0.4 is 4.74 Å². The van der Waals surface area contributed by atoms with Gasteiger partial charge in [-0.2, -0.15) is 0 Å². The van der Waals surface area contributed by atoms with Crippen LogP contribution in [0.2, 0.25) is 0 Å². The Hall–Kier alpha value is -1.62. The SMILES string of the molecule is CCC([SiH3])c1ccc2c(c1OC(C)(C)C)C(=O)OC2=O. The molecular weight excluding hydrogens is 272 g/mol. The Labute approximate surface area is 121 Å². The molecule has 0 saturated carbocycles. The van der Waals surface area contributed by atoms with E-state index in [2.05, 4.69) is 6.92 Å². The van der Waals surface area contributed by atoms with Crippen molar-refractivity contribution in [1.82, 2.24) is 0 Å². The van der Waals surface area contributed by atoms with Crippen LogP contribution in [0.5, 0.6) is 5.75 Å². The van der Waals surface area contributed by atoms with Crippen molar-refractivity contribution in [2.24, 2.45) is 0 Å². The monoisotopic (exact) mass is 292 g/mol. The average molecular weight is 292 g/mol. The summed E-state index contributed by atoms with van der Waals surface area (Å²) in [7, 11) is 0.957. The second-order valence-electron chi connectivity index (χ2n) is 6.11. The highest BCUT2D eigenvalue weighted by Gasteiger charge is 2.36. The van der Waals surface area contributed by atoms with E-state index >= 15 is 0 Å². The predicted molar refractivity (Wildman–Crippen MR) is 79.5 cm³/mol. The lowest BCUT2D eigenvalue weighted by molar-refractivity contribution is 0.0440. The Balaban J connectivity index is 2.64. The molecule has 1 aliphatic heterocycles. The lowest BCUT2D eigenvalue weighted by atomic mass is 9.99. The summed E-state index contributed by atoms with van der Waals surface area (Å²) in [6, 6.07) is 3.56. The van der Waals surface area contributed by atoms with Gasteiger partial charge in [0.2, 0.25) is 0 Å². The number of fused-ring (bicyclic) bond motifs is 1. The molecule has 1 atom stereocenters. The summed E-state index contributed by atoms with van der Waals surface area (Å²) in [6.45, 7) is 7.88. The zero-order valence-corrected chi connectivity index (χ0v) is 14.6. The van der Waals surface area contributed by atoms with Crippen molar-refractivity contribution < 1.29 is 19.1 Å². The number of hydrogen-bond acceptors (Lipinski definition) is 4. The van der Waals surface area contributed by atoms with E-state index in [0.717, 1.165) is 22.2 Å². The molecule has 0 aromatic heterocycles. The van der Waals surface area contributed by atoms with E-state index in [1.807, 2.05) is 26.8 Å². The van der Waals surface area contributed by atoms with Gasteiger partial charge in [0.25, 0.3) is 0 Å². The van der Waals surface area contributed by atoms with E-state index < -0.39 is 17.5 Å². The highest BCUT2D eigenvalue weighted by Crippen LogP contribution is 2.38. The van der Waals surface area contributed by atoms with Gasteiger partial charge < -0.3 is 9.47 Å². The zero-order chi connectivity index (χ0) is 15.1. The first-order valence-corrected chi connectivity index (χ1v) is 8.02. The summed E-state index contributed by atoms with van der Waals surface area (Å²) in [5, 5.41) is 0. The number of carbonyl (C=O) groups is 2. The van der Waals surface area contributed by atoms with E-state index in [-0.39, 0.29) is 5.56 Å². The first-order chi connectivity index (χ1) is 9.24. The van der Waals surface area contributed by atoms with Gasteiger partial charge in [-0.3, -0.25) is 0 Å². The molecule has 1 aromatic rings. The number of esters is 2. The maximum absolute atomic E-state index is 11.9. The predicted octanol–water partition coefficient (Wildman–Crippen LogP) is 1.99. The molecule has 0 amide bonds. The molecule has 20 heavy (non-hydrogen) atoms. The quantitative estimate of drug-likeness (QED) is 0.486. The molecule has 1 aliphatic rings. The van der Waals surface area contributed by atoms with Crippen LogP contribution in [-0.2, 0) is 4.74 Å². The highest BCUT2D eigenvalue weighted by atomic mass is 28.1. The van der Waals surface area contributed by atoms with Crippen molar-refractivity contribution in [2.45, 2.75) is 45.3 Å². The lowest BCUT2D eigenvalue weighted by Gasteiger charge is -2.26. The normalized spacial score (nSPS) is 16.0. The van der Waals surface area contributed by atoms with E-state index in [4.69, 9.17) is 9.47 Å². The highest BCUT2D eigenvalue weighted by molar-refractivity contribution is 6.17. The van der Waals surface area contributed by atoms with Gasteiger partial charge in [-0.1, -0.05) is 19.4 Å². The van der Waals surface area contributed by atoms with Crippen molar-refractivity contribution in [2.75, 3.05) is 0 Å². The molecule has 0 spiro atoms. The molecule has 0 aliphatic carbocycles. The Morgan fingerprint density at radius 2 is 1.90 bits per heavy atom. The standard InChI is InChI=1S/C15H20O4Si/c1-5-10(20)8-6-7-9-11(14(17)18-13(9)16)12(8)19-15(2,3)4/h6-7,10H,5H2,1-4,20H3. The molecule has 2 rings (SSSR count). The average Bonchev–Trinajstić information content (AvgIpc) is 2.63. The number of carbonyl (C=O) groups excluding carboxylic acids is 2. The summed E-state index contributed by atoms with van der Waals surface area (Å²) < 4.78 is 10.7. The first kappa shape index (κ1) is 14.8. The van der Waals surface area contributed by atoms with Gasteiger partial charge in [0.1, 0.15) is 16.9 Å². The number of rotatable bonds is 3. The minimum Gasteiger partial charge on any atom is -0.487 e. The Morgan fingerprint density at radius 1 is 1.25 bits per heavy atom. The van der Waals surface area contributed by atoms with Gasteiger partial charge in [-0.25, -0.2) is 9.59 Å². The van der Waals surface area contributed by atoms with E-state index in [9.17, 15) is 9.59 Å². The van der Waals surface area contributed by atoms with Gasteiger partial charge in [-0.15, -0.1) is 0 Å². The van der Waals surface area contributed by atoms with Crippen molar-refractivity contribution in [1.29, 1.82) is 0 Å². The van der Waals surface area contributed by atoms with Crippen LogP contribution in [0.1, 0.15) is 65.9 Å². The molecule has 1 aromatic carbocycles. The maximum Gasteiger partial charge on any atom is 0.350 e. The Kier molecular flexibility index (Phi) is 3.73. The van der Waals surface area contributed by atoms with E-state index in [1.54, 1.807) is 6.07 Å². The second-order valence-corrected chi connectivity index (χ2v) is 7.50. The number of benzene rings is 1. The number of cyclic esters (lactones) is 2. The fraction of sp³-hybridized carbons (Fsp3) is 0.467. The van der Waals surface area contributed by atoms with Crippen molar-refractivity contribution in [3.8, 4) is 5.75 Å². The number of ether oxygens (including phenoxy) is 2. The zero-order valence-electron chi connectivity index (χ0n) is 12.6. The second kappa shape index (κ2) is 5.05. The summed E-state index contributed by atoms with van der Waals surface area (Å²) in [6.07, 6.45) is 0.981. The van der Waals surface area contributed by atoms with E-state index in [0.29, 0.717) is 16.9 Å². The van der Waals surface area contributed by atoms with Gasteiger partial charge in [0.05, 0.1) is 5.56 Å². The topological polar surface area (TPSA) is 52.6 Å². The lowest BCUT2D eigenvalue weighted by Crippen LogP contribution is -2.25. The van der Waals surface area contributed by atoms with Crippen molar-refractivity contribution >= 4 is 22.2 Å². The Morgan fingerprint density at radius 3 is 2.45 bits per heavy atom. The molecule has 1 heterocycles. The maximum atomic E-state index is 11.9. The molecule has 0 saturated heterocycles. The van der Waals surface area contributed by atoms with Gasteiger partial charge in [-0.05, 0) is 37.9 Å². The molecule has 0 N–H and O–H groups in total. The van der Waals surface area contributed by atoms with Gasteiger partial charge >= 0.3 is 11.9 Å². The molecular formula is C15H20O4Si. The van der Waals surface area contributed by atoms with Crippen LogP contribution in [-0.4, -0.2) is 27.8 Å². The van der Waals surface area contributed by atoms with Crippen LogP contribution in [0.25, 0.3) is 0 Å². The third kappa shape index (κ3) is 2.63. The molecule has 108 valence electrons. The van der Waals surface area contributed by atoms with Crippen LogP contribution >= 0.6 is 0 Å². The summed E-state index contributed by atoms with van der Waals surface area (Å²) in [5.41, 5.74) is 1.53. The fourth-order valence-electron chi connectivity index (χ4n) is 2.19. The third-order valence-corrected chi connectivity index (χ3v) is 4.79. The van der Waals surface area contributed by atoms with Crippen molar-refractivity contribution in [3.63, 3.8) is 0 Å². The van der Waals surface area contributed by atoms with Crippen LogP contribution in [0.3, 0.4) is 0 Å². The van der Waals surface area contributed by atoms with Crippen LogP contribution in [0.4, 0.5) is 0 Å². The van der Waals surface area contributed by atoms with Crippen LogP contribution in [0.15, 0.2) is 12.1 Å². The minimum absolute atomic E-state index is 0.289. The summed E-state index contributed by atoms with van der Waals surface area (Å²) in [4.78, 5) is 23.6. The minimum atomic E-state index is -0.601. The molecule has 0 fully saturated rings. The Bertz CT molecular complexity index is 572. The van der Waals surface area contributed by atoms with E-state index in [1.165, 1.54) is 0 Å². The smallest absolute Gasteiger partial charge is 0.350 e.